The standard InChI is InChI=1S/C16H27N3O2S.HI/c1-13-4-5-15(22-13)10-19-16(17-2)18-7-3-8-20-11-14-6-9-21-12-14;/h4-5,14H,3,6-12H2,1-2H3,(H2,17,18,19);1H. The number of ether oxygens (including phenoxy) is 2. The second kappa shape index (κ2) is 12.0. The molecule has 1 unspecified atom stereocenters. The highest BCUT2D eigenvalue weighted by Crippen LogP contribution is 2.14. The van der Waals surface area contributed by atoms with Crippen molar-refractivity contribution in [3.05, 3.63) is 21.9 Å². The average Bonchev–Trinajstić information content (AvgIpc) is 3.17. The van der Waals surface area contributed by atoms with Crippen molar-refractivity contribution in [1.82, 2.24) is 10.6 Å². The average molecular weight is 453 g/mol. The third kappa shape index (κ3) is 8.32. The number of hydrogen-bond acceptors (Lipinski definition) is 4. The van der Waals surface area contributed by atoms with E-state index in [1.807, 2.05) is 11.3 Å². The fourth-order valence-corrected chi connectivity index (χ4v) is 3.15. The molecule has 132 valence electrons. The normalized spacial score (nSPS) is 17.8. The largest absolute Gasteiger partial charge is 0.381 e. The summed E-state index contributed by atoms with van der Waals surface area (Å²) in [4.78, 5) is 6.89. The Morgan fingerprint density at radius 1 is 1.43 bits per heavy atom. The van der Waals surface area contributed by atoms with Crippen molar-refractivity contribution in [2.24, 2.45) is 10.9 Å². The van der Waals surface area contributed by atoms with Crippen LogP contribution < -0.4 is 10.6 Å². The maximum atomic E-state index is 5.69. The number of nitrogens with zero attached hydrogens (tertiary/aromatic N) is 1. The number of thiophene rings is 1. The molecule has 1 fully saturated rings. The Morgan fingerprint density at radius 2 is 2.30 bits per heavy atom. The Morgan fingerprint density at radius 3 is 2.96 bits per heavy atom. The Bertz CT molecular complexity index is 462. The van der Waals surface area contributed by atoms with Crippen LogP contribution in [0.1, 0.15) is 22.6 Å². The van der Waals surface area contributed by atoms with Gasteiger partial charge in [0.2, 0.25) is 0 Å². The van der Waals surface area contributed by atoms with Crippen molar-refractivity contribution < 1.29 is 9.47 Å². The number of nitrogens with one attached hydrogen (secondary N) is 2. The Labute approximate surface area is 160 Å². The van der Waals surface area contributed by atoms with Gasteiger partial charge in [-0.2, -0.15) is 0 Å². The van der Waals surface area contributed by atoms with Gasteiger partial charge in [0.15, 0.2) is 5.96 Å². The minimum Gasteiger partial charge on any atom is -0.381 e. The second-order valence-corrected chi connectivity index (χ2v) is 6.90. The summed E-state index contributed by atoms with van der Waals surface area (Å²) in [6, 6.07) is 4.30. The summed E-state index contributed by atoms with van der Waals surface area (Å²) < 4.78 is 11.0. The van der Waals surface area contributed by atoms with E-state index >= 15 is 0 Å². The fraction of sp³-hybridized carbons (Fsp3) is 0.688. The topological polar surface area (TPSA) is 54.9 Å². The monoisotopic (exact) mass is 453 g/mol. The van der Waals surface area contributed by atoms with Gasteiger partial charge in [0.1, 0.15) is 0 Å². The molecule has 2 heterocycles. The molecule has 1 aliphatic heterocycles. The van der Waals surface area contributed by atoms with E-state index in [2.05, 4.69) is 34.7 Å². The molecule has 0 amide bonds. The summed E-state index contributed by atoms with van der Waals surface area (Å²) >= 11 is 1.81. The fourth-order valence-electron chi connectivity index (χ4n) is 2.32. The molecule has 5 nitrogen and oxygen atoms in total. The summed E-state index contributed by atoms with van der Waals surface area (Å²) in [7, 11) is 1.80. The summed E-state index contributed by atoms with van der Waals surface area (Å²) in [5, 5.41) is 6.64. The summed E-state index contributed by atoms with van der Waals surface area (Å²) in [6.45, 7) is 7.16. The highest BCUT2D eigenvalue weighted by atomic mass is 127. The predicted octanol–water partition coefficient (Wildman–Crippen LogP) is 2.78. The summed E-state index contributed by atoms with van der Waals surface area (Å²) in [5.41, 5.74) is 0. The van der Waals surface area contributed by atoms with Crippen molar-refractivity contribution in [2.45, 2.75) is 26.3 Å². The van der Waals surface area contributed by atoms with Gasteiger partial charge in [0.25, 0.3) is 0 Å². The van der Waals surface area contributed by atoms with E-state index in [9.17, 15) is 0 Å². The van der Waals surface area contributed by atoms with E-state index in [1.165, 1.54) is 9.75 Å². The van der Waals surface area contributed by atoms with Gasteiger partial charge in [-0.1, -0.05) is 0 Å². The van der Waals surface area contributed by atoms with Gasteiger partial charge in [0, 0.05) is 42.5 Å². The highest BCUT2D eigenvalue weighted by Gasteiger charge is 2.15. The van der Waals surface area contributed by atoms with E-state index in [0.29, 0.717) is 5.92 Å². The lowest BCUT2D eigenvalue weighted by atomic mass is 10.1. The first-order valence-corrected chi connectivity index (χ1v) is 8.75. The number of halogens is 1. The lowest BCUT2D eigenvalue weighted by molar-refractivity contribution is 0.0888. The molecule has 23 heavy (non-hydrogen) atoms. The summed E-state index contributed by atoms with van der Waals surface area (Å²) in [6.07, 6.45) is 2.11. The first kappa shape index (κ1) is 20.7. The van der Waals surface area contributed by atoms with Gasteiger partial charge < -0.3 is 20.1 Å². The zero-order valence-corrected chi connectivity index (χ0v) is 17.1. The minimum atomic E-state index is 0. The van der Waals surface area contributed by atoms with Crippen molar-refractivity contribution in [3.63, 3.8) is 0 Å². The molecule has 1 aromatic heterocycles. The Hall–Kier alpha value is -0.380. The lowest BCUT2D eigenvalue weighted by Crippen LogP contribution is -2.37. The zero-order chi connectivity index (χ0) is 15.6. The maximum absolute atomic E-state index is 5.69. The van der Waals surface area contributed by atoms with Gasteiger partial charge >= 0.3 is 0 Å². The van der Waals surface area contributed by atoms with Crippen LogP contribution in [0.25, 0.3) is 0 Å². The Kier molecular flexibility index (Phi) is 10.8. The number of guanidine groups is 1. The van der Waals surface area contributed by atoms with Crippen molar-refractivity contribution in [2.75, 3.05) is 40.0 Å². The number of aliphatic imine (C=N–C) groups is 1. The van der Waals surface area contributed by atoms with E-state index in [-0.39, 0.29) is 24.0 Å². The smallest absolute Gasteiger partial charge is 0.191 e. The molecule has 0 bridgehead atoms. The van der Waals surface area contributed by atoms with Crippen molar-refractivity contribution in [1.29, 1.82) is 0 Å². The second-order valence-electron chi connectivity index (χ2n) is 5.52. The van der Waals surface area contributed by atoms with Crippen LogP contribution in [0.3, 0.4) is 0 Å². The van der Waals surface area contributed by atoms with E-state index < -0.39 is 0 Å². The van der Waals surface area contributed by atoms with Crippen LogP contribution in [0.15, 0.2) is 17.1 Å². The molecule has 0 aromatic carbocycles. The molecule has 0 saturated carbocycles. The van der Waals surface area contributed by atoms with Crippen LogP contribution in [-0.4, -0.2) is 46.0 Å². The third-order valence-corrected chi connectivity index (χ3v) is 4.59. The van der Waals surface area contributed by atoms with E-state index in [4.69, 9.17) is 9.47 Å². The third-order valence-electron chi connectivity index (χ3n) is 3.59. The molecule has 1 aliphatic rings. The SMILES string of the molecule is CN=C(NCCCOCC1CCOC1)NCc1ccc(C)s1.I. The van der Waals surface area contributed by atoms with Gasteiger partial charge in [-0.05, 0) is 31.9 Å². The first-order chi connectivity index (χ1) is 10.8. The summed E-state index contributed by atoms with van der Waals surface area (Å²) in [5.74, 6) is 1.44. The van der Waals surface area contributed by atoms with Gasteiger partial charge in [-0.15, -0.1) is 35.3 Å². The minimum absolute atomic E-state index is 0. The van der Waals surface area contributed by atoms with E-state index in [1.54, 1.807) is 7.05 Å². The molecule has 0 aliphatic carbocycles. The molecule has 2 N–H and O–H groups in total. The van der Waals surface area contributed by atoms with Crippen molar-refractivity contribution >= 4 is 41.3 Å². The van der Waals surface area contributed by atoms with Crippen LogP contribution >= 0.6 is 35.3 Å². The quantitative estimate of drug-likeness (QED) is 0.275. The number of hydrogen-bond donors (Lipinski definition) is 2. The molecule has 1 saturated heterocycles. The van der Waals surface area contributed by atoms with Crippen LogP contribution in [0.2, 0.25) is 0 Å². The molecule has 2 rings (SSSR count). The molecule has 0 radical (unpaired) electrons. The molecular formula is C16H28IN3O2S. The van der Waals surface area contributed by atoms with Crippen LogP contribution in [0.5, 0.6) is 0 Å². The molecule has 7 heteroatoms. The molecule has 0 spiro atoms. The van der Waals surface area contributed by atoms with Gasteiger partial charge in [-0.3, -0.25) is 4.99 Å². The van der Waals surface area contributed by atoms with Crippen LogP contribution in [-0.2, 0) is 16.0 Å². The van der Waals surface area contributed by atoms with Crippen LogP contribution in [0.4, 0.5) is 0 Å². The lowest BCUT2D eigenvalue weighted by Gasteiger charge is -2.12. The van der Waals surface area contributed by atoms with Crippen molar-refractivity contribution in [3.8, 4) is 0 Å². The van der Waals surface area contributed by atoms with Crippen LogP contribution in [0, 0.1) is 12.8 Å². The predicted molar refractivity (Wildman–Crippen MR) is 107 cm³/mol. The molecular weight excluding hydrogens is 425 g/mol. The first-order valence-electron chi connectivity index (χ1n) is 7.93. The number of aryl methyl sites for hydroxylation is 1. The highest BCUT2D eigenvalue weighted by molar-refractivity contribution is 14.0. The molecule has 1 aromatic rings. The number of rotatable bonds is 8. The van der Waals surface area contributed by atoms with Gasteiger partial charge in [-0.25, -0.2) is 0 Å². The van der Waals surface area contributed by atoms with E-state index in [0.717, 1.165) is 58.3 Å². The molecule has 1 atom stereocenters. The maximum Gasteiger partial charge on any atom is 0.191 e. The van der Waals surface area contributed by atoms with Gasteiger partial charge in [0.05, 0.1) is 19.8 Å². The zero-order valence-electron chi connectivity index (χ0n) is 14.0. The Balaban J connectivity index is 0.00000264.